The molecule has 0 aromatic rings. The molecule has 2 fully saturated rings. The zero-order chi connectivity index (χ0) is 14.4. The molecular weight excluding hydrogens is 252 g/mol. The molecule has 2 bridgehead atoms. The van der Waals surface area contributed by atoms with Crippen LogP contribution in [-0.2, 0) is 9.53 Å². The summed E-state index contributed by atoms with van der Waals surface area (Å²) in [6, 6.07) is 0.287. The summed E-state index contributed by atoms with van der Waals surface area (Å²) in [5, 5.41) is 0. The summed E-state index contributed by atoms with van der Waals surface area (Å²) in [4.78, 5) is 16.7. The summed E-state index contributed by atoms with van der Waals surface area (Å²) < 4.78 is 5.85. The first-order valence-electron chi connectivity index (χ1n) is 8.32. The van der Waals surface area contributed by atoms with E-state index < -0.39 is 0 Å². The van der Waals surface area contributed by atoms with Crippen molar-refractivity contribution in [3.05, 3.63) is 0 Å². The van der Waals surface area contributed by atoms with Gasteiger partial charge in [-0.2, -0.15) is 0 Å². The van der Waals surface area contributed by atoms with E-state index in [4.69, 9.17) is 4.74 Å². The van der Waals surface area contributed by atoms with Crippen molar-refractivity contribution >= 4 is 5.91 Å². The van der Waals surface area contributed by atoms with Gasteiger partial charge in [-0.25, -0.2) is 0 Å². The minimum Gasteiger partial charge on any atom is -0.373 e. The van der Waals surface area contributed by atoms with Gasteiger partial charge < -0.3 is 9.64 Å². The van der Waals surface area contributed by atoms with Gasteiger partial charge in [0.2, 0.25) is 5.91 Å². The lowest BCUT2D eigenvalue weighted by Crippen LogP contribution is -2.58. The lowest BCUT2D eigenvalue weighted by molar-refractivity contribution is -0.143. The fraction of sp³-hybridized carbons (Fsp3) is 0.938. The van der Waals surface area contributed by atoms with E-state index >= 15 is 0 Å². The van der Waals surface area contributed by atoms with Crippen molar-refractivity contribution in [2.24, 2.45) is 0 Å². The molecule has 3 atom stereocenters. The van der Waals surface area contributed by atoms with Gasteiger partial charge in [-0.3, -0.25) is 9.69 Å². The van der Waals surface area contributed by atoms with Crippen molar-refractivity contribution in [1.82, 2.24) is 9.80 Å². The highest BCUT2D eigenvalue weighted by Crippen LogP contribution is 2.22. The zero-order valence-electron chi connectivity index (χ0n) is 13.1. The molecule has 0 aromatic carbocycles. The van der Waals surface area contributed by atoms with Crippen LogP contribution in [0.3, 0.4) is 0 Å². The standard InChI is InChI=1S/C16H30N2O2/c1-3-4-5-6-7-8-16(19)17(2)14-9-10-18-11-12-20-15(14)13-18/h14-15H,3-13H2,1-2H3. The predicted molar refractivity (Wildman–Crippen MR) is 80.7 cm³/mol. The van der Waals surface area contributed by atoms with Crippen LogP contribution in [0.4, 0.5) is 0 Å². The summed E-state index contributed by atoms with van der Waals surface area (Å²) in [6.45, 7) is 6.20. The molecule has 4 heteroatoms. The van der Waals surface area contributed by atoms with E-state index in [1.807, 2.05) is 11.9 Å². The summed E-state index contributed by atoms with van der Waals surface area (Å²) >= 11 is 0. The highest BCUT2D eigenvalue weighted by Gasteiger charge is 2.36. The van der Waals surface area contributed by atoms with E-state index in [0.29, 0.717) is 12.3 Å². The number of carbonyl (C=O) groups is 1. The number of likely N-dealkylation sites (N-methyl/N-ethyl adjacent to an activating group) is 1. The van der Waals surface area contributed by atoms with Crippen LogP contribution in [0.5, 0.6) is 0 Å². The topological polar surface area (TPSA) is 32.8 Å². The van der Waals surface area contributed by atoms with Crippen LogP contribution >= 0.6 is 0 Å². The third-order valence-electron chi connectivity index (χ3n) is 4.73. The summed E-state index contributed by atoms with van der Waals surface area (Å²) in [5.41, 5.74) is 0. The Morgan fingerprint density at radius 1 is 1.25 bits per heavy atom. The summed E-state index contributed by atoms with van der Waals surface area (Å²) in [7, 11) is 1.96. The zero-order valence-corrected chi connectivity index (χ0v) is 13.1. The molecule has 1 amide bonds. The van der Waals surface area contributed by atoms with Gasteiger partial charge in [0.05, 0.1) is 18.8 Å². The third-order valence-corrected chi connectivity index (χ3v) is 4.73. The number of hydrogen-bond acceptors (Lipinski definition) is 3. The number of morpholine rings is 1. The summed E-state index contributed by atoms with van der Waals surface area (Å²) in [6.07, 6.45) is 8.02. The van der Waals surface area contributed by atoms with Crippen LogP contribution in [0, 0.1) is 0 Å². The van der Waals surface area contributed by atoms with Gasteiger partial charge in [0.1, 0.15) is 0 Å². The smallest absolute Gasteiger partial charge is 0.222 e. The lowest BCUT2D eigenvalue weighted by Gasteiger charge is -2.45. The molecule has 4 nitrogen and oxygen atoms in total. The van der Waals surface area contributed by atoms with E-state index in [1.165, 1.54) is 25.7 Å². The van der Waals surface area contributed by atoms with Crippen molar-refractivity contribution in [2.75, 3.05) is 33.3 Å². The van der Waals surface area contributed by atoms with Crippen LogP contribution in [-0.4, -0.2) is 61.1 Å². The maximum atomic E-state index is 12.3. The molecule has 0 saturated carbocycles. The number of carbonyl (C=O) groups excluding carboxylic acids is 1. The molecule has 20 heavy (non-hydrogen) atoms. The van der Waals surface area contributed by atoms with Gasteiger partial charge in [0.15, 0.2) is 0 Å². The molecule has 0 spiro atoms. The largest absolute Gasteiger partial charge is 0.373 e. The van der Waals surface area contributed by atoms with E-state index in [2.05, 4.69) is 11.8 Å². The molecule has 2 saturated heterocycles. The first-order valence-corrected chi connectivity index (χ1v) is 8.32. The Kier molecular flexibility index (Phi) is 6.30. The van der Waals surface area contributed by atoms with Crippen LogP contribution < -0.4 is 0 Å². The molecule has 0 aliphatic carbocycles. The Bertz CT molecular complexity index is 309. The third kappa shape index (κ3) is 4.19. The molecule has 2 aliphatic heterocycles. The van der Waals surface area contributed by atoms with Crippen molar-refractivity contribution in [1.29, 1.82) is 0 Å². The average Bonchev–Trinajstić information content (AvgIpc) is 2.47. The van der Waals surface area contributed by atoms with Crippen molar-refractivity contribution in [3.63, 3.8) is 0 Å². The van der Waals surface area contributed by atoms with Gasteiger partial charge in [0, 0.05) is 33.1 Å². The maximum Gasteiger partial charge on any atom is 0.222 e. The van der Waals surface area contributed by atoms with Crippen LogP contribution in [0.2, 0.25) is 0 Å². The predicted octanol–water partition coefficient (Wildman–Crippen LogP) is 2.28. The Morgan fingerprint density at radius 2 is 2.05 bits per heavy atom. The Balaban J connectivity index is 1.72. The van der Waals surface area contributed by atoms with E-state index in [-0.39, 0.29) is 12.1 Å². The number of unbranched alkanes of at least 4 members (excludes halogenated alkanes) is 4. The molecule has 0 radical (unpaired) electrons. The Morgan fingerprint density at radius 3 is 2.85 bits per heavy atom. The minimum atomic E-state index is 0.228. The first-order chi connectivity index (χ1) is 9.72. The molecule has 3 unspecified atom stereocenters. The molecule has 0 N–H and O–H groups in total. The van der Waals surface area contributed by atoms with Crippen LogP contribution in [0.1, 0.15) is 51.9 Å². The normalized spacial score (nSPS) is 29.2. The summed E-state index contributed by atoms with van der Waals surface area (Å²) in [5.74, 6) is 0.300. The van der Waals surface area contributed by atoms with Crippen molar-refractivity contribution in [2.45, 2.75) is 64.0 Å². The lowest BCUT2D eigenvalue weighted by atomic mass is 9.98. The highest BCUT2D eigenvalue weighted by atomic mass is 16.5. The monoisotopic (exact) mass is 282 g/mol. The average molecular weight is 282 g/mol. The second kappa shape index (κ2) is 7.99. The second-order valence-electron chi connectivity index (χ2n) is 6.23. The highest BCUT2D eigenvalue weighted by molar-refractivity contribution is 5.76. The first kappa shape index (κ1) is 15.8. The number of hydrogen-bond donors (Lipinski definition) is 0. The molecule has 0 aromatic heterocycles. The number of fused-ring (bicyclic) bond motifs is 2. The molecule has 116 valence electrons. The van der Waals surface area contributed by atoms with Gasteiger partial charge in [-0.05, 0) is 12.8 Å². The Labute approximate surface area is 123 Å². The molecule has 2 aliphatic rings. The number of nitrogens with zero attached hydrogens (tertiary/aromatic N) is 2. The number of rotatable bonds is 7. The SMILES string of the molecule is CCCCCCCC(=O)N(C)C1CCN2CCOC1C2. The second-order valence-corrected chi connectivity index (χ2v) is 6.23. The van der Waals surface area contributed by atoms with Gasteiger partial charge in [-0.1, -0.05) is 32.6 Å². The fourth-order valence-corrected chi connectivity index (χ4v) is 3.35. The molecule has 2 rings (SSSR count). The maximum absolute atomic E-state index is 12.3. The minimum absolute atomic E-state index is 0.228. The van der Waals surface area contributed by atoms with Crippen LogP contribution in [0.25, 0.3) is 0 Å². The van der Waals surface area contributed by atoms with E-state index in [1.54, 1.807) is 0 Å². The molecule has 2 heterocycles. The quantitative estimate of drug-likeness (QED) is 0.672. The van der Waals surface area contributed by atoms with Crippen molar-refractivity contribution < 1.29 is 9.53 Å². The van der Waals surface area contributed by atoms with Gasteiger partial charge in [0.25, 0.3) is 0 Å². The van der Waals surface area contributed by atoms with Gasteiger partial charge >= 0.3 is 0 Å². The van der Waals surface area contributed by atoms with E-state index in [0.717, 1.165) is 39.1 Å². The van der Waals surface area contributed by atoms with E-state index in [9.17, 15) is 4.79 Å². The van der Waals surface area contributed by atoms with Crippen molar-refractivity contribution in [3.8, 4) is 0 Å². The number of amides is 1. The number of piperidine rings is 1. The molecular formula is C16H30N2O2. The van der Waals surface area contributed by atoms with Gasteiger partial charge in [-0.15, -0.1) is 0 Å². The number of ether oxygens (including phenoxy) is 1. The Hall–Kier alpha value is -0.610. The van der Waals surface area contributed by atoms with Crippen LogP contribution in [0.15, 0.2) is 0 Å². The fourth-order valence-electron chi connectivity index (χ4n) is 3.35.